The molecule has 0 unspecified atom stereocenters. The topological polar surface area (TPSA) is 70.2 Å². The summed E-state index contributed by atoms with van der Waals surface area (Å²) >= 11 is 0. The van der Waals surface area contributed by atoms with Crippen LogP contribution in [-0.2, 0) is 10.0 Å². The molecule has 122 valence electrons. The van der Waals surface area contributed by atoms with Gasteiger partial charge >= 0.3 is 0 Å². The van der Waals surface area contributed by atoms with Crippen LogP contribution in [-0.4, -0.2) is 34.6 Å². The van der Waals surface area contributed by atoms with Crippen LogP contribution in [0.4, 0.5) is 5.69 Å². The molecule has 0 amide bonds. The van der Waals surface area contributed by atoms with Crippen LogP contribution < -0.4 is 15.4 Å². The maximum atomic E-state index is 11.9. The maximum Gasteiger partial charge on any atom is 0.240 e. The van der Waals surface area contributed by atoms with Crippen LogP contribution in [0.2, 0.25) is 0 Å². The summed E-state index contributed by atoms with van der Waals surface area (Å²) in [7, 11) is -1.94. The van der Waals surface area contributed by atoms with Gasteiger partial charge in [-0.2, -0.15) is 0 Å². The van der Waals surface area contributed by atoms with Gasteiger partial charge < -0.3 is 10.6 Å². The van der Waals surface area contributed by atoms with Gasteiger partial charge in [0.1, 0.15) is 0 Å². The number of anilines is 1. The summed E-state index contributed by atoms with van der Waals surface area (Å²) in [4.78, 5) is 0.314. The first-order valence-corrected chi connectivity index (χ1v) is 9.52. The SMILES string of the molecule is CNS(=O)(=O)c1cccc(N[C@H]2CCC3(CCNCC3)C2)c1. The van der Waals surface area contributed by atoms with Crippen LogP contribution in [0.3, 0.4) is 0 Å². The van der Waals surface area contributed by atoms with Crippen molar-refractivity contribution in [3.8, 4) is 0 Å². The molecule has 1 heterocycles. The van der Waals surface area contributed by atoms with Crippen molar-refractivity contribution in [2.24, 2.45) is 5.41 Å². The van der Waals surface area contributed by atoms with E-state index < -0.39 is 10.0 Å². The van der Waals surface area contributed by atoms with Gasteiger partial charge in [0, 0.05) is 11.7 Å². The molecule has 2 aliphatic rings. The minimum Gasteiger partial charge on any atom is -0.382 e. The van der Waals surface area contributed by atoms with E-state index in [1.165, 1.54) is 39.2 Å². The van der Waals surface area contributed by atoms with E-state index in [0.29, 0.717) is 16.4 Å². The van der Waals surface area contributed by atoms with E-state index in [1.807, 2.05) is 6.07 Å². The Morgan fingerprint density at radius 2 is 2.00 bits per heavy atom. The predicted molar refractivity (Wildman–Crippen MR) is 88.5 cm³/mol. The smallest absolute Gasteiger partial charge is 0.240 e. The average molecular weight is 323 g/mol. The van der Waals surface area contributed by atoms with Gasteiger partial charge in [0.2, 0.25) is 10.0 Å². The van der Waals surface area contributed by atoms with E-state index in [4.69, 9.17) is 0 Å². The number of benzene rings is 1. The average Bonchev–Trinajstić information content (AvgIpc) is 2.90. The van der Waals surface area contributed by atoms with Crippen molar-refractivity contribution in [3.63, 3.8) is 0 Å². The monoisotopic (exact) mass is 323 g/mol. The van der Waals surface area contributed by atoms with E-state index in [0.717, 1.165) is 18.8 Å². The highest BCUT2D eigenvalue weighted by Gasteiger charge is 2.39. The van der Waals surface area contributed by atoms with Crippen LogP contribution in [0.15, 0.2) is 29.2 Å². The molecule has 22 heavy (non-hydrogen) atoms. The molecule has 1 saturated carbocycles. The lowest BCUT2D eigenvalue weighted by Gasteiger charge is -2.34. The summed E-state index contributed by atoms with van der Waals surface area (Å²) in [6, 6.07) is 7.54. The third-order valence-corrected chi connectivity index (χ3v) is 6.56. The second kappa shape index (κ2) is 6.18. The molecule has 3 rings (SSSR count). The van der Waals surface area contributed by atoms with Crippen LogP contribution in [0.25, 0.3) is 0 Å². The molecule has 1 aliphatic carbocycles. The number of sulfonamides is 1. The second-order valence-corrected chi connectivity index (χ2v) is 8.46. The summed E-state index contributed by atoms with van der Waals surface area (Å²) in [5.41, 5.74) is 1.39. The van der Waals surface area contributed by atoms with Crippen molar-refractivity contribution in [1.29, 1.82) is 0 Å². The highest BCUT2D eigenvalue weighted by atomic mass is 32.2. The third kappa shape index (κ3) is 3.29. The van der Waals surface area contributed by atoms with Crippen LogP contribution >= 0.6 is 0 Å². The minimum atomic E-state index is -3.38. The summed E-state index contributed by atoms with van der Waals surface area (Å²) < 4.78 is 26.1. The Bertz CT molecular complexity index is 624. The molecule has 1 aliphatic heterocycles. The fourth-order valence-electron chi connectivity index (χ4n) is 3.85. The van der Waals surface area contributed by atoms with Crippen molar-refractivity contribution in [2.45, 2.75) is 43.0 Å². The Morgan fingerprint density at radius 1 is 1.23 bits per heavy atom. The Hall–Kier alpha value is -1.11. The molecule has 5 nitrogen and oxygen atoms in total. The Labute approximate surface area is 132 Å². The zero-order valence-corrected chi connectivity index (χ0v) is 13.9. The molecular weight excluding hydrogens is 298 g/mol. The summed E-state index contributed by atoms with van der Waals surface area (Å²) in [6.45, 7) is 2.26. The maximum absolute atomic E-state index is 11.9. The van der Waals surface area contributed by atoms with E-state index in [-0.39, 0.29) is 0 Å². The fraction of sp³-hybridized carbons (Fsp3) is 0.625. The number of nitrogens with one attached hydrogen (secondary N) is 3. The lowest BCUT2D eigenvalue weighted by molar-refractivity contribution is 0.208. The van der Waals surface area contributed by atoms with Gasteiger partial charge in [0.15, 0.2) is 0 Å². The van der Waals surface area contributed by atoms with Gasteiger partial charge in [-0.1, -0.05) is 6.07 Å². The highest BCUT2D eigenvalue weighted by molar-refractivity contribution is 7.89. The van der Waals surface area contributed by atoms with Gasteiger partial charge in [0.05, 0.1) is 4.90 Å². The second-order valence-electron chi connectivity index (χ2n) is 6.57. The number of rotatable bonds is 4. The minimum absolute atomic E-state index is 0.314. The van der Waals surface area contributed by atoms with E-state index in [9.17, 15) is 8.42 Å². The summed E-state index contributed by atoms with van der Waals surface area (Å²) in [5, 5.41) is 6.97. The van der Waals surface area contributed by atoms with E-state index in [2.05, 4.69) is 15.4 Å². The van der Waals surface area contributed by atoms with Crippen molar-refractivity contribution in [1.82, 2.24) is 10.0 Å². The van der Waals surface area contributed by atoms with Crippen molar-refractivity contribution in [3.05, 3.63) is 24.3 Å². The molecule has 1 spiro atoms. The normalized spacial score (nSPS) is 24.5. The Kier molecular flexibility index (Phi) is 4.43. The molecule has 3 N–H and O–H groups in total. The predicted octanol–water partition coefficient (Wildman–Crippen LogP) is 1.93. The van der Waals surface area contributed by atoms with Gasteiger partial charge in [-0.05, 0) is 75.9 Å². The summed E-state index contributed by atoms with van der Waals surface area (Å²) in [6.07, 6.45) is 6.17. The Balaban J connectivity index is 1.68. The number of hydrogen-bond acceptors (Lipinski definition) is 4. The third-order valence-electron chi connectivity index (χ3n) is 5.15. The molecule has 2 fully saturated rings. The van der Waals surface area contributed by atoms with Crippen LogP contribution in [0.1, 0.15) is 32.1 Å². The molecule has 1 aromatic rings. The van der Waals surface area contributed by atoms with Crippen LogP contribution in [0.5, 0.6) is 0 Å². The first-order chi connectivity index (χ1) is 10.5. The van der Waals surface area contributed by atoms with Gasteiger partial charge in [-0.3, -0.25) is 0 Å². The van der Waals surface area contributed by atoms with Crippen molar-refractivity contribution in [2.75, 3.05) is 25.5 Å². The highest BCUT2D eigenvalue weighted by Crippen LogP contribution is 2.45. The zero-order chi connectivity index (χ0) is 15.6. The largest absolute Gasteiger partial charge is 0.382 e. The first-order valence-electron chi connectivity index (χ1n) is 8.04. The quantitative estimate of drug-likeness (QED) is 0.792. The molecule has 1 atom stereocenters. The van der Waals surface area contributed by atoms with E-state index >= 15 is 0 Å². The lowest BCUT2D eigenvalue weighted by Crippen LogP contribution is -2.35. The molecular formula is C16H25N3O2S. The molecule has 1 aromatic carbocycles. The standard InChI is InChI=1S/C16H25N3O2S/c1-17-22(20,21)15-4-2-3-13(11-15)19-14-5-6-16(12-14)7-9-18-10-8-16/h2-4,11,14,17-19H,5-10,12H2,1H3/t14-/m0/s1. The van der Waals surface area contributed by atoms with Crippen LogP contribution in [0, 0.1) is 5.41 Å². The Morgan fingerprint density at radius 3 is 2.73 bits per heavy atom. The molecule has 0 aromatic heterocycles. The van der Waals surface area contributed by atoms with E-state index in [1.54, 1.807) is 18.2 Å². The zero-order valence-electron chi connectivity index (χ0n) is 13.1. The number of hydrogen-bond donors (Lipinski definition) is 3. The lowest BCUT2D eigenvalue weighted by atomic mass is 9.77. The molecule has 1 saturated heterocycles. The summed E-state index contributed by atoms with van der Waals surface area (Å²) in [5.74, 6) is 0. The van der Waals surface area contributed by atoms with Gasteiger partial charge in [-0.25, -0.2) is 13.1 Å². The van der Waals surface area contributed by atoms with Gasteiger partial charge in [0.25, 0.3) is 0 Å². The number of piperidine rings is 1. The molecule has 0 bridgehead atoms. The van der Waals surface area contributed by atoms with Crippen molar-refractivity contribution >= 4 is 15.7 Å². The fourth-order valence-corrected chi connectivity index (χ4v) is 4.62. The van der Waals surface area contributed by atoms with Gasteiger partial charge in [-0.15, -0.1) is 0 Å². The molecule has 6 heteroatoms. The van der Waals surface area contributed by atoms with Crippen molar-refractivity contribution < 1.29 is 8.42 Å². The first kappa shape index (κ1) is 15.8. The molecule has 0 radical (unpaired) electrons.